The first-order valence-electron chi connectivity index (χ1n) is 8.26. The second-order valence-electron chi connectivity index (χ2n) is 6.83. The van der Waals surface area contributed by atoms with E-state index in [9.17, 15) is 35.5 Å². The van der Waals surface area contributed by atoms with Gasteiger partial charge < -0.3 is 0 Å². The molecule has 165 valence electrons. The average molecular weight is 468 g/mol. The zero-order valence-corrected chi connectivity index (χ0v) is 16.3. The maximum Gasteiger partial charge on any atom is 0.239 e. The van der Waals surface area contributed by atoms with Crippen molar-refractivity contribution in [3.63, 3.8) is 0 Å². The van der Waals surface area contributed by atoms with Crippen LogP contribution in [0.3, 0.4) is 0 Å². The number of nitrogens with zero attached hydrogens (tertiary/aromatic N) is 2. The quantitative estimate of drug-likeness (QED) is 0.298. The third kappa shape index (κ3) is 3.01. The average Bonchev–Trinajstić information content (AvgIpc) is 2.69. The first-order chi connectivity index (χ1) is 14.3. The first kappa shape index (κ1) is 22.7. The molecule has 1 radical (unpaired) electrons. The van der Waals surface area contributed by atoms with E-state index < -0.39 is 85.2 Å². The van der Waals surface area contributed by atoms with E-state index in [1.54, 1.807) is 0 Å². The summed E-state index contributed by atoms with van der Waals surface area (Å²) in [5, 5.41) is 7.00. The highest BCUT2D eigenvalue weighted by Gasteiger charge is 2.58. The minimum Gasteiger partial charge on any atom is -0.283 e. The Hall–Kier alpha value is -2.96. The van der Waals surface area contributed by atoms with Crippen LogP contribution >= 0.6 is 12.6 Å². The third-order valence-electron chi connectivity index (χ3n) is 5.11. The number of carbonyl (C=O) groups excluding carboxylic acids is 1. The molecule has 0 aromatic heterocycles. The van der Waals surface area contributed by atoms with E-state index in [0.29, 0.717) is 6.92 Å². The van der Waals surface area contributed by atoms with Gasteiger partial charge in [0.1, 0.15) is 27.9 Å². The van der Waals surface area contributed by atoms with Crippen molar-refractivity contribution in [1.29, 1.82) is 5.41 Å². The fraction of sp³-hybridized carbons (Fsp3) is 0.222. The Labute approximate surface area is 174 Å². The summed E-state index contributed by atoms with van der Waals surface area (Å²) in [6.45, 7) is 0.583. The van der Waals surface area contributed by atoms with Gasteiger partial charge in [-0.05, 0) is 6.92 Å². The number of carbonyl (C=O) groups is 1. The van der Waals surface area contributed by atoms with Gasteiger partial charge in [0, 0.05) is 24.7 Å². The summed E-state index contributed by atoms with van der Waals surface area (Å²) in [6.07, 6.45) is 0. The molecule has 3 rings (SSSR count). The number of rotatable bonds is 2. The molecule has 0 saturated carbocycles. The number of hydrogen-bond donors (Lipinski definition) is 1. The van der Waals surface area contributed by atoms with E-state index in [2.05, 4.69) is 12.6 Å². The minimum atomic E-state index is -3.07. The Morgan fingerprint density at radius 3 is 2.00 bits per heavy atom. The third-order valence-corrected chi connectivity index (χ3v) is 5.47. The number of benzene rings is 2. The Bertz CT molecular complexity index is 1090. The lowest BCUT2D eigenvalue weighted by Gasteiger charge is -2.48. The summed E-state index contributed by atoms with van der Waals surface area (Å²) in [6, 6.07) is 0.217. The minimum absolute atomic E-state index is 0.109. The molecule has 2 aromatic carbocycles. The zero-order valence-electron chi connectivity index (χ0n) is 15.5. The highest BCUT2D eigenvalue weighted by Crippen LogP contribution is 2.50. The van der Waals surface area contributed by atoms with Gasteiger partial charge in [-0.3, -0.25) is 15.1 Å². The predicted octanol–water partition coefficient (Wildman–Crippen LogP) is 4.81. The number of hydrogen-bond acceptors (Lipinski definition) is 2. The molecular formula is C18H10F8N3OS. The molecule has 0 spiro atoms. The van der Waals surface area contributed by atoms with Crippen LogP contribution in [0.15, 0.2) is 17.0 Å². The standard InChI is InChI=1S/C18H10F8N3OS/c1-18(9-6(20)3-5(19)4-7(9)21)10(16(30)28(2)17(27)29(18)26)8-11(22)13(24)14(25)15(31)12(8)23/h3-4,10,27H,1-2H3/t10-,18+/m0/s1. The van der Waals surface area contributed by atoms with Gasteiger partial charge in [-0.1, -0.05) is 17.1 Å². The predicted molar refractivity (Wildman–Crippen MR) is 92.0 cm³/mol. The molecule has 1 aliphatic heterocycles. The molecule has 2 atom stereocenters. The van der Waals surface area contributed by atoms with Crippen LogP contribution in [0.4, 0.5) is 35.2 Å². The number of halogens is 8. The van der Waals surface area contributed by atoms with Crippen molar-refractivity contribution in [2.45, 2.75) is 23.3 Å². The second kappa shape index (κ2) is 7.32. The van der Waals surface area contributed by atoms with Crippen LogP contribution in [0.5, 0.6) is 0 Å². The van der Waals surface area contributed by atoms with Crippen LogP contribution in [0.1, 0.15) is 24.0 Å². The molecule has 0 bridgehead atoms. The Kier molecular flexibility index (Phi) is 5.37. The van der Waals surface area contributed by atoms with Crippen LogP contribution in [-0.4, -0.2) is 28.9 Å². The number of nitrogens with one attached hydrogen (secondary N) is 1. The lowest BCUT2D eigenvalue weighted by atomic mass is 9.72. The van der Waals surface area contributed by atoms with Crippen molar-refractivity contribution in [3.05, 3.63) is 64.0 Å². The molecule has 0 unspecified atom stereocenters. The molecule has 13 heteroatoms. The van der Waals surface area contributed by atoms with Gasteiger partial charge in [-0.25, -0.2) is 30.7 Å². The fourth-order valence-electron chi connectivity index (χ4n) is 3.56. The van der Waals surface area contributed by atoms with Crippen LogP contribution in [0.2, 0.25) is 0 Å². The van der Waals surface area contributed by atoms with E-state index in [1.165, 1.54) is 0 Å². The van der Waals surface area contributed by atoms with E-state index in [0.717, 1.165) is 7.05 Å². The van der Waals surface area contributed by atoms with E-state index >= 15 is 4.48 Å². The summed E-state index contributed by atoms with van der Waals surface area (Å²) >= 11 is 4.35. The smallest absolute Gasteiger partial charge is 0.239 e. The Balaban J connectivity index is 2.48. The second-order valence-corrected chi connectivity index (χ2v) is 7.23. The summed E-state index contributed by atoms with van der Waals surface area (Å²) in [5.41, 5.74) is -6.07. The van der Waals surface area contributed by atoms with Gasteiger partial charge in [-0.15, -0.1) is 0 Å². The molecule has 1 aliphatic rings. The van der Waals surface area contributed by atoms with Crippen LogP contribution in [-0.2, 0) is 10.3 Å². The van der Waals surface area contributed by atoms with Gasteiger partial charge in [0.05, 0.1) is 11.5 Å². The van der Waals surface area contributed by atoms with Crippen molar-refractivity contribution in [3.8, 4) is 0 Å². The van der Waals surface area contributed by atoms with Crippen LogP contribution in [0, 0.1) is 46.1 Å². The summed E-state index contributed by atoms with van der Waals surface area (Å²) in [7, 11) is 0.797. The molecule has 4 nitrogen and oxygen atoms in total. The molecule has 31 heavy (non-hydrogen) atoms. The van der Waals surface area contributed by atoms with E-state index in [-0.39, 0.29) is 17.0 Å². The maximum atomic E-state index is 15.2. The van der Waals surface area contributed by atoms with Crippen LogP contribution < -0.4 is 0 Å². The van der Waals surface area contributed by atoms with Crippen molar-refractivity contribution in [2.75, 3.05) is 7.05 Å². The zero-order chi connectivity index (χ0) is 23.6. The van der Waals surface area contributed by atoms with Crippen molar-refractivity contribution in [1.82, 2.24) is 10.0 Å². The molecule has 1 amide bonds. The maximum absolute atomic E-state index is 15.2. The topological polar surface area (TPSA) is 47.4 Å². The fourth-order valence-corrected chi connectivity index (χ4v) is 3.76. The number of amides is 1. The van der Waals surface area contributed by atoms with Crippen molar-refractivity contribution in [2.24, 2.45) is 0 Å². The molecule has 1 heterocycles. The Morgan fingerprint density at radius 1 is 0.968 bits per heavy atom. The van der Waals surface area contributed by atoms with Crippen molar-refractivity contribution < 1.29 is 40.0 Å². The van der Waals surface area contributed by atoms with Gasteiger partial charge in [0.15, 0.2) is 23.3 Å². The molecular weight excluding hydrogens is 458 g/mol. The Morgan fingerprint density at radius 2 is 1.48 bits per heavy atom. The molecule has 1 saturated heterocycles. The van der Waals surface area contributed by atoms with E-state index in [1.807, 2.05) is 0 Å². The lowest BCUT2D eigenvalue weighted by molar-refractivity contribution is -0.145. The molecule has 0 aliphatic carbocycles. The van der Waals surface area contributed by atoms with Gasteiger partial charge >= 0.3 is 0 Å². The van der Waals surface area contributed by atoms with Gasteiger partial charge in [0.2, 0.25) is 11.9 Å². The molecule has 2 aromatic rings. The number of guanidine groups is 1. The first-order valence-corrected chi connectivity index (χ1v) is 8.67. The molecule has 1 fully saturated rings. The summed E-state index contributed by atoms with van der Waals surface area (Å²) in [4.78, 5) is 11.6. The monoisotopic (exact) mass is 468 g/mol. The highest BCUT2D eigenvalue weighted by molar-refractivity contribution is 7.80. The van der Waals surface area contributed by atoms with Crippen LogP contribution in [0.25, 0.3) is 0 Å². The summed E-state index contributed by atoms with van der Waals surface area (Å²) in [5.74, 6) is -19.0. The summed E-state index contributed by atoms with van der Waals surface area (Å²) < 4.78 is 115. The van der Waals surface area contributed by atoms with Gasteiger partial charge in [0.25, 0.3) is 0 Å². The van der Waals surface area contributed by atoms with Crippen molar-refractivity contribution >= 4 is 24.5 Å². The van der Waals surface area contributed by atoms with E-state index in [4.69, 9.17) is 5.41 Å². The SMILES string of the molecule is CN1C(=N)N(F)[C@](C)(c2c(F)cc(F)cc2F)[C@@H](c2c(F)c(F)c(F)c([S])c2F)C1=O. The largest absolute Gasteiger partial charge is 0.283 e. The normalized spacial score (nSPS) is 21.8. The van der Waals surface area contributed by atoms with Gasteiger partial charge in [-0.2, -0.15) is 5.12 Å². The number of likely N-dealkylation sites (N-methyl/N-ethyl adjacent to an activating group) is 1. The molecule has 1 N–H and O–H groups in total. The lowest BCUT2D eigenvalue weighted by Crippen LogP contribution is -2.62. The highest BCUT2D eigenvalue weighted by atomic mass is 32.1.